The molecule has 20 heavy (non-hydrogen) atoms. The molecule has 0 atom stereocenters. The van der Waals surface area contributed by atoms with E-state index >= 15 is 0 Å². The summed E-state index contributed by atoms with van der Waals surface area (Å²) in [6.07, 6.45) is 0. The highest BCUT2D eigenvalue weighted by Gasteiger charge is 2.14. The fourth-order valence-corrected chi connectivity index (χ4v) is 4.41. The molecule has 0 unspecified atom stereocenters. The van der Waals surface area contributed by atoms with Crippen LogP contribution < -0.4 is 4.57 Å². The summed E-state index contributed by atoms with van der Waals surface area (Å²) in [5, 5.41) is 2.42. The largest absolute Gasteiger partial charge is 0.236 e. The van der Waals surface area contributed by atoms with Gasteiger partial charge < -0.3 is 0 Å². The molecule has 0 N–H and O–H groups in total. The average molecular weight is 297 g/mol. The number of thiazole rings is 2. The maximum Gasteiger partial charge on any atom is 0.234 e. The number of para-hydroxylation sites is 1. The van der Waals surface area contributed by atoms with E-state index in [1.165, 1.54) is 25.5 Å². The van der Waals surface area contributed by atoms with Gasteiger partial charge in [0.1, 0.15) is 16.8 Å². The van der Waals surface area contributed by atoms with Gasteiger partial charge in [-0.1, -0.05) is 23.5 Å². The smallest absolute Gasteiger partial charge is 0.234 e. The fraction of sp³-hybridized carbons (Fsp3) is 0.125. The van der Waals surface area contributed by atoms with Gasteiger partial charge in [0.25, 0.3) is 0 Å². The van der Waals surface area contributed by atoms with Gasteiger partial charge >= 0.3 is 0 Å². The van der Waals surface area contributed by atoms with Crippen LogP contribution in [0.1, 0.15) is 5.01 Å². The van der Waals surface area contributed by atoms with Gasteiger partial charge in [-0.2, -0.15) is 4.57 Å². The summed E-state index contributed by atoms with van der Waals surface area (Å²) < 4.78 is 4.81. The molecule has 2 heterocycles. The van der Waals surface area contributed by atoms with Crippen molar-refractivity contribution in [3.63, 3.8) is 0 Å². The second kappa shape index (κ2) is 4.36. The van der Waals surface area contributed by atoms with E-state index in [4.69, 9.17) is 4.98 Å². The molecule has 0 saturated carbocycles. The van der Waals surface area contributed by atoms with Crippen molar-refractivity contribution in [2.45, 2.75) is 6.92 Å². The van der Waals surface area contributed by atoms with Crippen LogP contribution in [0.25, 0.3) is 31.0 Å². The molecule has 98 valence electrons. The predicted octanol–water partition coefficient (Wildman–Crippen LogP) is 4.31. The molecule has 0 amide bonds. The molecule has 0 aliphatic carbocycles. The Bertz CT molecular complexity index is 901. The van der Waals surface area contributed by atoms with E-state index in [2.05, 4.69) is 54.9 Å². The van der Waals surface area contributed by atoms with E-state index in [1.54, 1.807) is 11.3 Å². The summed E-state index contributed by atoms with van der Waals surface area (Å²) >= 11 is 3.59. The number of rotatable bonds is 1. The van der Waals surface area contributed by atoms with Crippen LogP contribution in [0.5, 0.6) is 0 Å². The Morgan fingerprint density at radius 3 is 2.70 bits per heavy atom. The maximum absolute atomic E-state index is 4.74. The number of fused-ring (bicyclic) bond motifs is 2. The molecule has 0 saturated heterocycles. The van der Waals surface area contributed by atoms with Crippen molar-refractivity contribution in [1.29, 1.82) is 0 Å². The SMILES string of the molecule is Cc1sc2cc(-c3nc4ccccc4s3)ccc2[n+]1C. The Hall–Kier alpha value is -1.78. The third kappa shape index (κ3) is 1.76. The van der Waals surface area contributed by atoms with E-state index in [0.29, 0.717) is 0 Å². The molecular weight excluding hydrogens is 284 g/mol. The van der Waals surface area contributed by atoms with Crippen LogP contribution in [0.2, 0.25) is 0 Å². The molecule has 0 bridgehead atoms. The molecule has 0 spiro atoms. The summed E-state index contributed by atoms with van der Waals surface area (Å²) in [7, 11) is 2.12. The summed E-state index contributed by atoms with van der Waals surface area (Å²) in [4.78, 5) is 4.74. The van der Waals surface area contributed by atoms with Crippen molar-refractivity contribution in [2.75, 3.05) is 0 Å². The molecule has 0 aliphatic heterocycles. The minimum Gasteiger partial charge on any atom is -0.236 e. The molecule has 0 fully saturated rings. The molecule has 4 aromatic rings. The van der Waals surface area contributed by atoms with Crippen molar-refractivity contribution in [2.24, 2.45) is 7.05 Å². The third-order valence-corrected chi connectivity index (χ3v) is 5.79. The molecule has 0 aliphatic rings. The van der Waals surface area contributed by atoms with E-state index < -0.39 is 0 Å². The van der Waals surface area contributed by atoms with E-state index in [-0.39, 0.29) is 0 Å². The summed E-state index contributed by atoms with van der Waals surface area (Å²) in [5.41, 5.74) is 3.58. The van der Waals surface area contributed by atoms with Gasteiger partial charge in [-0.05, 0) is 24.3 Å². The molecule has 2 aromatic carbocycles. The van der Waals surface area contributed by atoms with E-state index in [1.807, 2.05) is 17.4 Å². The zero-order valence-corrected chi connectivity index (χ0v) is 12.9. The number of nitrogens with zero attached hydrogens (tertiary/aromatic N) is 2. The maximum atomic E-state index is 4.74. The van der Waals surface area contributed by atoms with Crippen LogP contribution in [-0.2, 0) is 7.05 Å². The van der Waals surface area contributed by atoms with Gasteiger partial charge in [-0.15, -0.1) is 11.3 Å². The number of aryl methyl sites for hydroxylation is 2. The number of hydrogen-bond acceptors (Lipinski definition) is 3. The van der Waals surface area contributed by atoms with Crippen LogP contribution in [0, 0.1) is 6.92 Å². The zero-order chi connectivity index (χ0) is 13.7. The lowest BCUT2D eigenvalue weighted by molar-refractivity contribution is -0.646. The summed E-state index contributed by atoms with van der Waals surface area (Å²) in [6.45, 7) is 2.15. The van der Waals surface area contributed by atoms with Crippen LogP contribution in [-0.4, -0.2) is 4.98 Å². The zero-order valence-electron chi connectivity index (χ0n) is 11.3. The molecule has 4 heteroatoms. The van der Waals surface area contributed by atoms with Crippen molar-refractivity contribution in [3.05, 3.63) is 47.5 Å². The molecule has 2 aromatic heterocycles. The van der Waals surface area contributed by atoms with E-state index in [9.17, 15) is 0 Å². The first-order valence-electron chi connectivity index (χ1n) is 6.47. The van der Waals surface area contributed by atoms with Gasteiger partial charge in [0.2, 0.25) is 10.5 Å². The molecule has 0 radical (unpaired) electrons. The topological polar surface area (TPSA) is 16.8 Å². The highest BCUT2D eigenvalue weighted by atomic mass is 32.1. The Kier molecular flexibility index (Phi) is 2.62. The van der Waals surface area contributed by atoms with Crippen molar-refractivity contribution in [3.8, 4) is 10.6 Å². The van der Waals surface area contributed by atoms with Crippen molar-refractivity contribution in [1.82, 2.24) is 4.98 Å². The minimum absolute atomic E-state index is 1.08. The predicted molar refractivity (Wildman–Crippen MR) is 86.4 cm³/mol. The van der Waals surface area contributed by atoms with Crippen molar-refractivity contribution >= 4 is 43.1 Å². The number of hydrogen-bond donors (Lipinski definition) is 0. The van der Waals surface area contributed by atoms with Gasteiger partial charge in [0.15, 0.2) is 0 Å². The fourth-order valence-electron chi connectivity index (χ4n) is 2.40. The highest BCUT2D eigenvalue weighted by molar-refractivity contribution is 7.21. The minimum atomic E-state index is 1.08. The first-order valence-corrected chi connectivity index (χ1v) is 8.11. The lowest BCUT2D eigenvalue weighted by atomic mass is 10.2. The Morgan fingerprint density at radius 1 is 1.00 bits per heavy atom. The molecule has 2 nitrogen and oxygen atoms in total. The second-order valence-corrected chi connectivity index (χ2v) is 7.11. The Labute approximate surface area is 125 Å². The molecule has 4 rings (SSSR count). The Morgan fingerprint density at radius 2 is 1.85 bits per heavy atom. The van der Waals surface area contributed by atoms with Gasteiger partial charge in [0.05, 0.1) is 10.2 Å². The summed E-state index contributed by atoms with van der Waals surface area (Å²) in [6, 6.07) is 14.9. The normalized spacial score (nSPS) is 11.5. The van der Waals surface area contributed by atoms with Crippen LogP contribution in [0.4, 0.5) is 0 Å². The van der Waals surface area contributed by atoms with Crippen molar-refractivity contribution < 1.29 is 4.57 Å². The first kappa shape index (κ1) is 12.0. The summed E-state index contributed by atoms with van der Waals surface area (Å²) in [5.74, 6) is 0. The number of aromatic nitrogens is 2. The van der Waals surface area contributed by atoms with Gasteiger partial charge in [-0.3, -0.25) is 0 Å². The standard InChI is InChI=1S/C16H13N2S2/c1-10-18(2)13-8-7-11(9-15(13)19-10)16-17-12-5-3-4-6-14(12)20-16/h3-9H,1-2H3/q+1. The lowest BCUT2D eigenvalue weighted by Crippen LogP contribution is -2.28. The quantitative estimate of drug-likeness (QED) is 0.478. The van der Waals surface area contributed by atoms with Crippen LogP contribution >= 0.6 is 22.7 Å². The third-order valence-electron chi connectivity index (χ3n) is 3.59. The second-order valence-electron chi connectivity index (χ2n) is 4.85. The first-order chi connectivity index (χ1) is 9.72. The average Bonchev–Trinajstić information content (AvgIpc) is 3.01. The van der Waals surface area contributed by atoms with Crippen LogP contribution in [0.15, 0.2) is 42.5 Å². The van der Waals surface area contributed by atoms with E-state index in [0.717, 1.165) is 10.5 Å². The molecular formula is C16H13N2S2+. The lowest BCUT2D eigenvalue weighted by Gasteiger charge is -1.94. The van der Waals surface area contributed by atoms with Gasteiger partial charge in [0, 0.05) is 18.6 Å². The highest BCUT2D eigenvalue weighted by Crippen LogP contribution is 2.32. The van der Waals surface area contributed by atoms with Crippen LogP contribution in [0.3, 0.4) is 0 Å². The number of benzene rings is 2. The van der Waals surface area contributed by atoms with Gasteiger partial charge in [-0.25, -0.2) is 4.98 Å². The monoisotopic (exact) mass is 297 g/mol. The Balaban J connectivity index is 1.92.